The maximum Gasteiger partial charge on any atom is 0.152 e. The van der Waals surface area contributed by atoms with Crippen molar-refractivity contribution in [2.45, 2.75) is 19.4 Å². The van der Waals surface area contributed by atoms with Crippen LogP contribution in [0, 0.1) is 5.51 Å². The Morgan fingerprint density at radius 2 is 2.47 bits per heavy atom. The van der Waals surface area contributed by atoms with Gasteiger partial charge >= 0.3 is 0 Å². The summed E-state index contributed by atoms with van der Waals surface area (Å²) in [5.41, 5.74) is 7.14. The highest BCUT2D eigenvalue weighted by molar-refractivity contribution is 7.07. The van der Waals surface area contributed by atoms with Crippen molar-refractivity contribution in [2.75, 3.05) is 5.32 Å². The van der Waals surface area contributed by atoms with Gasteiger partial charge in [0.2, 0.25) is 0 Å². The summed E-state index contributed by atoms with van der Waals surface area (Å²) in [5.74, 6) is 0.185. The zero-order valence-electron chi connectivity index (χ0n) is 9.36. The Hall–Kier alpha value is -1.68. The van der Waals surface area contributed by atoms with Crippen LogP contribution in [0.3, 0.4) is 0 Å². The topological polar surface area (TPSA) is 42.0 Å². The molecule has 1 aromatic carbocycles. The number of hydrogen-bond donors (Lipinski definition) is 1. The molecule has 3 rings (SSSR count). The van der Waals surface area contributed by atoms with Crippen molar-refractivity contribution in [3.8, 4) is 11.3 Å². The van der Waals surface area contributed by atoms with Gasteiger partial charge in [-0.3, -0.25) is 4.79 Å². The van der Waals surface area contributed by atoms with E-state index in [4.69, 9.17) is 0 Å². The average Bonchev–Trinajstić information content (AvgIpc) is 2.97. The second-order valence-corrected chi connectivity index (χ2v) is 4.86. The van der Waals surface area contributed by atoms with Crippen molar-refractivity contribution >= 4 is 22.8 Å². The van der Waals surface area contributed by atoms with E-state index in [-0.39, 0.29) is 11.8 Å². The molecule has 0 amide bonds. The molecule has 1 radical (unpaired) electrons. The maximum absolute atomic E-state index is 11.3. The van der Waals surface area contributed by atoms with E-state index in [0.717, 1.165) is 23.4 Å². The third-order valence-corrected chi connectivity index (χ3v) is 3.57. The molecule has 2 aromatic rings. The van der Waals surface area contributed by atoms with Gasteiger partial charge in [-0.1, -0.05) is 6.07 Å². The van der Waals surface area contributed by atoms with E-state index in [9.17, 15) is 4.79 Å². The largest absolute Gasteiger partial charge is 0.375 e. The van der Waals surface area contributed by atoms with Crippen molar-refractivity contribution in [3.63, 3.8) is 0 Å². The molecule has 1 aliphatic heterocycles. The molecule has 0 fully saturated rings. The standard InChI is InChI=1S/C13H11N2OS/c1-8(16)12-5-10-4-9(2-3-11(10)15-12)13-6-17-7-14-13/h2-4,6,12,15H,5H2,1H3. The van der Waals surface area contributed by atoms with Crippen LogP contribution in [-0.4, -0.2) is 16.8 Å². The van der Waals surface area contributed by atoms with Crippen LogP contribution in [0.5, 0.6) is 0 Å². The van der Waals surface area contributed by atoms with Crippen molar-refractivity contribution in [1.29, 1.82) is 0 Å². The fraction of sp³-hybridized carbons (Fsp3) is 0.231. The lowest BCUT2D eigenvalue weighted by atomic mass is 10.0. The van der Waals surface area contributed by atoms with Gasteiger partial charge in [0.1, 0.15) is 0 Å². The summed E-state index contributed by atoms with van der Waals surface area (Å²) in [5, 5.41) is 5.21. The third kappa shape index (κ3) is 1.85. The quantitative estimate of drug-likeness (QED) is 0.881. The molecule has 1 N–H and O–H groups in total. The van der Waals surface area contributed by atoms with E-state index in [1.165, 1.54) is 16.9 Å². The van der Waals surface area contributed by atoms with Gasteiger partial charge in [-0.2, -0.15) is 0 Å². The first-order chi connectivity index (χ1) is 8.24. The van der Waals surface area contributed by atoms with Crippen molar-refractivity contribution in [2.24, 2.45) is 0 Å². The number of carbonyl (C=O) groups is 1. The zero-order chi connectivity index (χ0) is 11.8. The van der Waals surface area contributed by atoms with Crippen LogP contribution in [0.1, 0.15) is 12.5 Å². The van der Waals surface area contributed by atoms with Crippen molar-refractivity contribution in [3.05, 3.63) is 34.7 Å². The number of aromatic nitrogens is 1. The summed E-state index contributed by atoms with van der Waals surface area (Å²) in [7, 11) is 0. The van der Waals surface area contributed by atoms with E-state index in [0.29, 0.717) is 0 Å². The number of fused-ring (bicyclic) bond motifs is 1. The van der Waals surface area contributed by atoms with E-state index in [2.05, 4.69) is 21.9 Å². The van der Waals surface area contributed by atoms with Gasteiger partial charge in [0.15, 0.2) is 11.3 Å². The van der Waals surface area contributed by atoms with E-state index in [1.54, 1.807) is 6.92 Å². The Labute approximate surface area is 104 Å². The normalized spacial score (nSPS) is 17.6. The summed E-state index contributed by atoms with van der Waals surface area (Å²) in [6.07, 6.45) is 0.770. The Morgan fingerprint density at radius 1 is 1.59 bits per heavy atom. The average molecular weight is 243 g/mol. The number of nitrogens with zero attached hydrogens (tertiary/aromatic N) is 1. The number of anilines is 1. The first-order valence-corrected chi connectivity index (χ1v) is 6.34. The molecule has 1 aromatic heterocycles. The van der Waals surface area contributed by atoms with Crippen LogP contribution < -0.4 is 5.32 Å². The predicted octanol–water partition coefficient (Wildman–Crippen LogP) is 2.54. The summed E-state index contributed by atoms with van der Waals surface area (Å²) < 4.78 is 0. The molecule has 0 bridgehead atoms. The molecule has 85 valence electrons. The van der Waals surface area contributed by atoms with Crippen molar-refractivity contribution < 1.29 is 4.79 Å². The van der Waals surface area contributed by atoms with E-state index >= 15 is 0 Å². The fourth-order valence-corrected chi connectivity index (χ4v) is 2.59. The number of ketones is 1. The smallest absolute Gasteiger partial charge is 0.152 e. The number of nitrogens with one attached hydrogen (secondary N) is 1. The molecule has 0 aliphatic carbocycles. The summed E-state index contributed by atoms with van der Waals surface area (Å²) in [6.45, 7) is 1.62. The molecule has 1 atom stereocenters. The highest BCUT2D eigenvalue weighted by atomic mass is 32.1. The summed E-state index contributed by atoms with van der Waals surface area (Å²) in [6, 6.07) is 6.08. The van der Waals surface area contributed by atoms with Crippen LogP contribution in [0.4, 0.5) is 5.69 Å². The number of hydrogen-bond acceptors (Lipinski definition) is 4. The first kappa shape index (κ1) is 10.5. The lowest BCUT2D eigenvalue weighted by Gasteiger charge is -2.05. The van der Waals surface area contributed by atoms with Gasteiger partial charge in [-0.25, -0.2) is 4.98 Å². The van der Waals surface area contributed by atoms with Gasteiger partial charge in [0.25, 0.3) is 0 Å². The first-order valence-electron chi connectivity index (χ1n) is 5.46. The van der Waals surface area contributed by atoms with E-state index < -0.39 is 0 Å². The lowest BCUT2D eigenvalue weighted by molar-refractivity contribution is -0.117. The molecular formula is C13H11N2OS. The number of benzene rings is 1. The molecule has 2 heterocycles. The van der Waals surface area contributed by atoms with Crippen LogP contribution in [0.15, 0.2) is 23.6 Å². The van der Waals surface area contributed by atoms with Gasteiger partial charge in [-0.15, -0.1) is 11.3 Å². The molecule has 3 nitrogen and oxygen atoms in total. The fourth-order valence-electron chi connectivity index (χ4n) is 2.08. The number of Topliss-reactive ketones (excluding diaryl/α,β-unsaturated/α-hetero) is 1. The second-order valence-electron chi connectivity index (χ2n) is 4.21. The van der Waals surface area contributed by atoms with Crippen LogP contribution in [-0.2, 0) is 11.2 Å². The molecule has 1 unspecified atom stereocenters. The third-order valence-electron chi connectivity index (χ3n) is 3.03. The monoisotopic (exact) mass is 243 g/mol. The molecule has 4 heteroatoms. The number of rotatable bonds is 2. The van der Waals surface area contributed by atoms with Gasteiger partial charge in [-0.05, 0) is 24.6 Å². The Kier molecular flexibility index (Phi) is 2.44. The molecule has 0 saturated carbocycles. The minimum atomic E-state index is -0.0674. The summed E-state index contributed by atoms with van der Waals surface area (Å²) in [4.78, 5) is 15.5. The molecule has 17 heavy (non-hydrogen) atoms. The minimum Gasteiger partial charge on any atom is -0.375 e. The SMILES string of the molecule is CC(=O)C1Cc2cc(-c3cs[c]n3)ccc2N1. The van der Waals surface area contributed by atoms with Gasteiger partial charge in [0.05, 0.1) is 11.7 Å². The van der Waals surface area contributed by atoms with Crippen LogP contribution in [0.25, 0.3) is 11.3 Å². The van der Waals surface area contributed by atoms with E-state index in [1.807, 2.05) is 17.5 Å². The highest BCUT2D eigenvalue weighted by Gasteiger charge is 2.24. The second kappa shape index (κ2) is 3.96. The number of carbonyl (C=O) groups excluding carboxylic acids is 1. The van der Waals surface area contributed by atoms with Crippen molar-refractivity contribution in [1.82, 2.24) is 4.98 Å². The predicted molar refractivity (Wildman–Crippen MR) is 68.2 cm³/mol. The Bertz CT molecular complexity index is 563. The Balaban J connectivity index is 1.95. The van der Waals surface area contributed by atoms with Gasteiger partial charge in [0, 0.05) is 23.1 Å². The maximum atomic E-state index is 11.3. The number of thiazole rings is 1. The Morgan fingerprint density at radius 3 is 3.18 bits per heavy atom. The summed E-state index contributed by atoms with van der Waals surface area (Å²) >= 11 is 1.47. The molecule has 0 spiro atoms. The highest BCUT2D eigenvalue weighted by Crippen LogP contribution is 2.30. The molecule has 0 saturated heterocycles. The van der Waals surface area contributed by atoms with Crippen LogP contribution in [0.2, 0.25) is 0 Å². The van der Waals surface area contributed by atoms with Gasteiger partial charge < -0.3 is 5.32 Å². The lowest BCUT2D eigenvalue weighted by Crippen LogP contribution is -2.23. The van der Waals surface area contributed by atoms with Crippen LogP contribution >= 0.6 is 11.3 Å². The zero-order valence-corrected chi connectivity index (χ0v) is 10.2. The molecular weight excluding hydrogens is 232 g/mol. The molecule has 1 aliphatic rings. The minimum absolute atomic E-state index is 0.0674.